The second-order valence-electron chi connectivity index (χ2n) is 1.52. The van der Waals surface area contributed by atoms with Crippen LogP contribution in [0.25, 0.3) is 0 Å². The van der Waals surface area contributed by atoms with Crippen molar-refractivity contribution < 1.29 is 9.90 Å². The van der Waals surface area contributed by atoms with Crippen molar-refractivity contribution in [1.82, 2.24) is 0 Å². The Hall–Kier alpha value is -0.730. The second-order valence-corrected chi connectivity index (χ2v) is 2.33. The van der Waals surface area contributed by atoms with Gasteiger partial charge in [0.05, 0.1) is 10.0 Å². The maximum Gasteiger partial charge on any atom is 0.290 e. The minimum atomic E-state index is -0.250. The molecule has 0 atom stereocenters. The van der Waals surface area contributed by atoms with Crippen LogP contribution in [0, 0.1) is 0 Å². The Labute approximate surface area is 74.4 Å². The van der Waals surface area contributed by atoms with Crippen LogP contribution in [0.5, 0.6) is 0 Å². The van der Waals surface area contributed by atoms with Crippen LogP contribution in [0.1, 0.15) is 0 Å². The van der Waals surface area contributed by atoms with Gasteiger partial charge in [-0.3, -0.25) is 4.79 Å². The Morgan fingerprint density at radius 1 is 1.18 bits per heavy atom. The summed E-state index contributed by atoms with van der Waals surface area (Å²) in [6.07, 6.45) is 0. The fourth-order valence-corrected chi connectivity index (χ4v) is 0.711. The van der Waals surface area contributed by atoms with Crippen LogP contribution in [-0.4, -0.2) is 11.6 Å². The number of rotatable bonds is 0. The summed E-state index contributed by atoms with van der Waals surface area (Å²) >= 11 is 11.2. The van der Waals surface area contributed by atoms with E-state index in [0.717, 1.165) is 0 Å². The number of hydrogen-bond acceptors (Lipinski definition) is 1. The molecule has 0 aliphatic heterocycles. The molecule has 0 spiro atoms. The van der Waals surface area contributed by atoms with Gasteiger partial charge in [0, 0.05) is 0 Å². The zero-order valence-corrected chi connectivity index (χ0v) is 7.01. The number of benzene rings is 1. The fraction of sp³-hybridized carbons (Fsp3) is 0. The van der Waals surface area contributed by atoms with E-state index in [4.69, 9.17) is 33.1 Å². The van der Waals surface area contributed by atoms with Gasteiger partial charge in [-0.25, -0.2) is 0 Å². The van der Waals surface area contributed by atoms with Crippen molar-refractivity contribution in [3.63, 3.8) is 0 Å². The minimum Gasteiger partial charge on any atom is -0.483 e. The predicted molar refractivity (Wildman–Crippen MR) is 45.2 cm³/mol. The Morgan fingerprint density at radius 3 is 1.64 bits per heavy atom. The summed E-state index contributed by atoms with van der Waals surface area (Å²) in [5, 5.41) is 8.10. The van der Waals surface area contributed by atoms with Crippen LogP contribution in [0.4, 0.5) is 0 Å². The van der Waals surface area contributed by atoms with Gasteiger partial charge in [-0.1, -0.05) is 35.3 Å². The van der Waals surface area contributed by atoms with Gasteiger partial charge in [-0.15, -0.1) is 0 Å². The van der Waals surface area contributed by atoms with Crippen LogP contribution >= 0.6 is 23.2 Å². The molecule has 0 radical (unpaired) electrons. The van der Waals surface area contributed by atoms with Crippen molar-refractivity contribution in [3.05, 3.63) is 34.3 Å². The summed E-state index contributed by atoms with van der Waals surface area (Å²) in [6, 6.07) is 7.19. The van der Waals surface area contributed by atoms with E-state index in [1.165, 1.54) is 0 Å². The molecule has 0 aliphatic rings. The molecule has 4 heteroatoms. The average Bonchev–Trinajstić information content (AvgIpc) is 1.97. The van der Waals surface area contributed by atoms with Gasteiger partial charge in [0.1, 0.15) is 0 Å². The van der Waals surface area contributed by atoms with Crippen molar-refractivity contribution in [2.24, 2.45) is 0 Å². The number of halogens is 2. The molecule has 0 saturated carbocycles. The molecule has 1 N–H and O–H groups in total. The van der Waals surface area contributed by atoms with Crippen LogP contribution in [-0.2, 0) is 4.79 Å². The maximum absolute atomic E-state index is 8.36. The molecule has 11 heavy (non-hydrogen) atoms. The lowest BCUT2D eigenvalue weighted by Crippen LogP contribution is -1.62. The Bertz CT molecular complexity index is 204. The summed E-state index contributed by atoms with van der Waals surface area (Å²) in [5.74, 6) is 0. The summed E-state index contributed by atoms with van der Waals surface area (Å²) in [6.45, 7) is -0.250. The van der Waals surface area contributed by atoms with Gasteiger partial charge in [-0.2, -0.15) is 0 Å². The molecule has 1 aromatic rings. The summed E-state index contributed by atoms with van der Waals surface area (Å²) < 4.78 is 0. The molecule has 2 nitrogen and oxygen atoms in total. The zero-order chi connectivity index (χ0) is 8.69. The van der Waals surface area contributed by atoms with E-state index < -0.39 is 0 Å². The lowest BCUT2D eigenvalue weighted by molar-refractivity contribution is -0.122. The molecular formula is C7H6Cl2O2. The molecular weight excluding hydrogens is 187 g/mol. The van der Waals surface area contributed by atoms with Gasteiger partial charge in [-0.05, 0) is 12.1 Å². The van der Waals surface area contributed by atoms with Crippen LogP contribution in [0.15, 0.2) is 24.3 Å². The van der Waals surface area contributed by atoms with Crippen LogP contribution < -0.4 is 0 Å². The monoisotopic (exact) mass is 192 g/mol. The average molecular weight is 193 g/mol. The normalized spacial score (nSPS) is 7.82. The van der Waals surface area contributed by atoms with Gasteiger partial charge in [0.25, 0.3) is 6.47 Å². The van der Waals surface area contributed by atoms with Gasteiger partial charge >= 0.3 is 0 Å². The van der Waals surface area contributed by atoms with Gasteiger partial charge in [0.2, 0.25) is 0 Å². The predicted octanol–water partition coefficient (Wildman–Crippen LogP) is 2.69. The first kappa shape index (κ1) is 10.3. The zero-order valence-electron chi connectivity index (χ0n) is 5.50. The molecule has 0 unspecified atom stereocenters. The number of carbonyl (C=O) groups is 1. The highest BCUT2D eigenvalue weighted by atomic mass is 35.5. The first-order valence-electron chi connectivity index (χ1n) is 2.70. The SMILES string of the molecule is Clc1ccccc1Cl.O=CO. The highest BCUT2D eigenvalue weighted by Crippen LogP contribution is 2.19. The molecule has 0 bridgehead atoms. The molecule has 1 aromatic carbocycles. The second kappa shape index (κ2) is 6.01. The fourth-order valence-electron chi connectivity index (χ4n) is 0.439. The highest BCUT2D eigenvalue weighted by Gasteiger charge is 1.89. The lowest BCUT2D eigenvalue weighted by atomic mass is 10.4. The first-order chi connectivity index (χ1) is 5.22. The van der Waals surface area contributed by atoms with E-state index in [-0.39, 0.29) is 6.47 Å². The summed E-state index contributed by atoms with van der Waals surface area (Å²) in [7, 11) is 0. The Kier molecular flexibility index (Phi) is 5.61. The van der Waals surface area contributed by atoms with E-state index in [1.54, 1.807) is 12.1 Å². The molecule has 0 amide bonds. The van der Waals surface area contributed by atoms with Gasteiger partial charge < -0.3 is 5.11 Å². The van der Waals surface area contributed by atoms with Crippen LogP contribution in [0.3, 0.4) is 0 Å². The quantitative estimate of drug-likeness (QED) is 0.643. The summed E-state index contributed by atoms with van der Waals surface area (Å²) in [5.41, 5.74) is 0. The lowest BCUT2D eigenvalue weighted by Gasteiger charge is -1.88. The molecule has 0 fully saturated rings. The number of hydrogen-bond donors (Lipinski definition) is 1. The van der Waals surface area contributed by atoms with E-state index in [9.17, 15) is 0 Å². The molecule has 0 heterocycles. The van der Waals surface area contributed by atoms with Gasteiger partial charge in [0.15, 0.2) is 0 Å². The topological polar surface area (TPSA) is 37.3 Å². The molecule has 60 valence electrons. The minimum absolute atomic E-state index is 0.250. The molecule has 0 saturated heterocycles. The third-order valence-corrected chi connectivity index (χ3v) is 1.58. The first-order valence-corrected chi connectivity index (χ1v) is 3.46. The molecule has 1 rings (SSSR count). The standard InChI is InChI=1S/C6H4Cl2.CH2O2/c7-5-3-1-2-4-6(5)8;2-1-3/h1-4H;1H,(H,2,3). The highest BCUT2D eigenvalue weighted by molar-refractivity contribution is 6.41. The van der Waals surface area contributed by atoms with Crippen molar-refractivity contribution in [3.8, 4) is 0 Å². The maximum atomic E-state index is 8.36. The number of carboxylic acid groups (broad SMARTS) is 1. The largest absolute Gasteiger partial charge is 0.483 e. The molecule has 0 aromatic heterocycles. The van der Waals surface area contributed by atoms with Crippen molar-refractivity contribution in [1.29, 1.82) is 0 Å². The van der Waals surface area contributed by atoms with Crippen molar-refractivity contribution in [2.75, 3.05) is 0 Å². The van der Waals surface area contributed by atoms with Crippen molar-refractivity contribution >= 4 is 29.7 Å². The Morgan fingerprint density at radius 2 is 1.45 bits per heavy atom. The van der Waals surface area contributed by atoms with Crippen LogP contribution in [0.2, 0.25) is 10.0 Å². The van der Waals surface area contributed by atoms with E-state index in [2.05, 4.69) is 0 Å². The van der Waals surface area contributed by atoms with Crippen molar-refractivity contribution in [2.45, 2.75) is 0 Å². The molecule has 0 aliphatic carbocycles. The third-order valence-electron chi connectivity index (χ3n) is 0.824. The Balaban J connectivity index is 0.000000292. The van der Waals surface area contributed by atoms with E-state index in [0.29, 0.717) is 10.0 Å². The van der Waals surface area contributed by atoms with E-state index >= 15 is 0 Å². The smallest absolute Gasteiger partial charge is 0.290 e. The van der Waals surface area contributed by atoms with E-state index in [1.807, 2.05) is 12.1 Å². The third kappa shape index (κ3) is 4.65. The summed E-state index contributed by atoms with van der Waals surface area (Å²) in [4.78, 5) is 8.36.